The monoisotopic (exact) mass is 476 g/mol. The number of hydrogen-bond acceptors (Lipinski definition) is 8. The van der Waals surface area contributed by atoms with Gasteiger partial charge in [0.15, 0.2) is 0 Å². The van der Waals surface area contributed by atoms with Crippen LogP contribution in [0.5, 0.6) is 0 Å². The Morgan fingerprint density at radius 1 is 0.515 bits per heavy atom. The van der Waals surface area contributed by atoms with Gasteiger partial charge in [-0.25, -0.2) is 0 Å². The predicted molar refractivity (Wildman–Crippen MR) is 83.1 cm³/mol. The van der Waals surface area contributed by atoms with Gasteiger partial charge in [-0.2, -0.15) is 26.3 Å². The molecule has 33 heavy (non-hydrogen) atoms. The van der Waals surface area contributed by atoms with Crippen LogP contribution in [0.2, 0.25) is 0 Å². The molecule has 0 N–H and O–H groups in total. The predicted octanol–water partition coefficient (Wildman–Crippen LogP) is -1.45. The standard InChI is InChI=1S/C19H10F6O8/c20-18(21,22)17(19(23,24)25,7-1-3-9(13(26)27)11(5-7)15(30)31)8-2-4-10(14(28)29)12(6-8)16(32)33/h1-6H,(H,26,27)(H,28,29)(H,30,31)(H,32,33)/p-4. The summed E-state index contributed by atoms with van der Waals surface area (Å²) in [6.07, 6.45) is -12.7. The van der Waals surface area contributed by atoms with Gasteiger partial charge >= 0.3 is 12.4 Å². The van der Waals surface area contributed by atoms with Crippen LogP contribution in [0.15, 0.2) is 36.4 Å². The fourth-order valence-corrected chi connectivity index (χ4v) is 3.23. The molecule has 2 aromatic rings. The Morgan fingerprint density at radius 2 is 0.788 bits per heavy atom. The molecule has 0 unspecified atom stereocenters. The van der Waals surface area contributed by atoms with E-state index in [1.807, 2.05) is 0 Å². The molecule has 0 aliphatic rings. The van der Waals surface area contributed by atoms with Crippen LogP contribution in [0, 0.1) is 0 Å². The molecule has 176 valence electrons. The smallest absolute Gasteiger partial charge is 0.411 e. The lowest BCUT2D eigenvalue weighted by molar-refractivity contribution is -0.289. The summed E-state index contributed by atoms with van der Waals surface area (Å²) < 4.78 is 84.7. The molecule has 0 saturated carbocycles. The average molecular weight is 476 g/mol. The van der Waals surface area contributed by atoms with Gasteiger partial charge in [0.2, 0.25) is 5.41 Å². The van der Waals surface area contributed by atoms with E-state index in [9.17, 15) is 65.9 Å². The summed E-state index contributed by atoms with van der Waals surface area (Å²) in [5, 5.41) is 44.3. The van der Waals surface area contributed by atoms with E-state index in [2.05, 4.69) is 0 Å². The molecule has 0 spiro atoms. The first-order chi connectivity index (χ1) is 15.0. The van der Waals surface area contributed by atoms with E-state index >= 15 is 0 Å². The maximum absolute atomic E-state index is 14.1. The summed E-state index contributed by atoms with van der Waals surface area (Å²) in [5.74, 6) is -9.39. The number of benzene rings is 2. The number of hydrogen-bond donors (Lipinski definition) is 0. The second kappa shape index (κ2) is 8.11. The molecule has 0 aliphatic carbocycles. The van der Waals surface area contributed by atoms with E-state index in [1.54, 1.807) is 0 Å². The van der Waals surface area contributed by atoms with E-state index in [0.29, 0.717) is 0 Å². The van der Waals surface area contributed by atoms with Crippen LogP contribution in [-0.4, -0.2) is 36.2 Å². The Hall–Kier alpha value is -4.10. The number of halogens is 6. The van der Waals surface area contributed by atoms with E-state index in [1.165, 1.54) is 0 Å². The number of carboxylic acids is 4. The molecule has 2 rings (SSSR count). The van der Waals surface area contributed by atoms with Gasteiger partial charge in [0.25, 0.3) is 0 Å². The van der Waals surface area contributed by atoms with Crippen LogP contribution < -0.4 is 20.4 Å². The Balaban J connectivity index is 3.10. The van der Waals surface area contributed by atoms with Crippen molar-refractivity contribution in [1.29, 1.82) is 0 Å². The molecule has 0 amide bonds. The third-order valence-corrected chi connectivity index (χ3v) is 4.64. The van der Waals surface area contributed by atoms with Crippen molar-refractivity contribution in [2.24, 2.45) is 0 Å². The quantitative estimate of drug-likeness (QED) is 0.458. The number of aromatic carboxylic acids is 4. The molecule has 0 fully saturated rings. The molecule has 0 radical (unpaired) electrons. The van der Waals surface area contributed by atoms with Crippen LogP contribution in [0.25, 0.3) is 0 Å². The van der Waals surface area contributed by atoms with Crippen molar-refractivity contribution in [1.82, 2.24) is 0 Å². The van der Waals surface area contributed by atoms with Crippen LogP contribution >= 0.6 is 0 Å². The Kier molecular flexibility index (Phi) is 6.18. The highest BCUT2D eigenvalue weighted by Crippen LogP contribution is 2.56. The Morgan fingerprint density at radius 3 is 1.00 bits per heavy atom. The fraction of sp³-hybridized carbons (Fsp3) is 0.158. The van der Waals surface area contributed by atoms with Gasteiger partial charge in [-0.05, 0) is 23.3 Å². The summed E-state index contributed by atoms with van der Waals surface area (Å²) in [7, 11) is 0. The Bertz CT molecular complexity index is 1070. The van der Waals surface area contributed by atoms with Crippen molar-refractivity contribution in [3.8, 4) is 0 Å². The van der Waals surface area contributed by atoms with Crippen molar-refractivity contribution in [3.63, 3.8) is 0 Å². The molecule has 0 saturated heterocycles. The number of carbonyl (C=O) groups excluding carboxylic acids is 4. The van der Waals surface area contributed by atoms with Crippen LogP contribution in [-0.2, 0) is 5.41 Å². The molecule has 0 atom stereocenters. The molecule has 0 heterocycles. The third-order valence-electron chi connectivity index (χ3n) is 4.64. The van der Waals surface area contributed by atoms with Gasteiger partial charge < -0.3 is 39.6 Å². The van der Waals surface area contributed by atoms with Crippen LogP contribution in [0.1, 0.15) is 52.6 Å². The fourth-order valence-electron chi connectivity index (χ4n) is 3.23. The van der Waals surface area contributed by atoms with Gasteiger partial charge in [0.05, 0.1) is 23.9 Å². The zero-order valence-electron chi connectivity index (χ0n) is 15.5. The van der Waals surface area contributed by atoms with E-state index in [4.69, 9.17) is 0 Å². The highest BCUT2D eigenvalue weighted by atomic mass is 19.4. The lowest BCUT2D eigenvalue weighted by Crippen LogP contribution is -2.55. The highest BCUT2D eigenvalue weighted by Gasteiger charge is 2.72. The van der Waals surface area contributed by atoms with E-state index < -0.39 is 75.0 Å². The number of carboxylic acid groups (broad SMARTS) is 4. The zero-order chi connectivity index (χ0) is 25.5. The topological polar surface area (TPSA) is 161 Å². The second-order valence-electron chi connectivity index (χ2n) is 6.42. The van der Waals surface area contributed by atoms with Crippen molar-refractivity contribution < 1.29 is 65.9 Å². The van der Waals surface area contributed by atoms with Gasteiger partial charge in [0, 0.05) is 22.3 Å². The number of alkyl halides is 6. The summed E-state index contributed by atoms with van der Waals surface area (Å²) in [6, 6.07) is -0.290. The van der Waals surface area contributed by atoms with Crippen molar-refractivity contribution >= 4 is 23.9 Å². The van der Waals surface area contributed by atoms with Crippen molar-refractivity contribution in [2.45, 2.75) is 17.8 Å². The molecule has 0 aromatic heterocycles. The zero-order valence-corrected chi connectivity index (χ0v) is 15.5. The maximum Gasteiger partial charge on any atom is 0.411 e. The largest absolute Gasteiger partial charge is 0.545 e. The lowest BCUT2D eigenvalue weighted by atomic mass is 9.71. The first-order valence-electron chi connectivity index (χ1n) is 8.24. The number of rotatable bonds is 6. The molecule has 8 nitrogen and oxygen atoms in total. The molecule has 2 aromatic carbocycles. The SMILES string of the molecule is O=C([O-])c1ccc(C(c2ccc(C(=O)[O-])c(C(=O)[O-])c2)(C(F)(F)F)C(F)(F)F)cc1C(=O)[O-]. The molecular weight excluding hydrogens is 470 g/mol. The summed E-state index contributed by atoms with van der Waals surface area (Å²) in [6.45, 7) is 0. The van der Waals surface area contributed by atoms with E-state index in [-0.39, 0.29) is 36.4 Å². The Labute approximate surface area is 178 Å². The summed E-state index contributed by atoms with van der Waals surface area (Å²) in [4.78, 5) is 44.3. The lowest BCUT2D eigenvalue weighted by Gasteiger charge is -2.39. The minimum atomic E-state index is -6.34. The maximum atomic E-state index is 14.1. The van der Waals surface area contributed by atoms with Gasteiger partial charge in [0.1, 0.15) is 0 Å². The summed E-state index contributed by atoms with van der Waals surface area (Å²) in [5.41, 5.74) is -14.6. The van der Waals surface area contributed by atoms with Crippen molar-refractivity contribution in [2.75, 3.05) is 0 Å². The first kappa shape index (κ1) is 25.2. The van der Waals surface area contributed by atoms with Gasteiger partial charge in [-0.1, -0.05) is 24.3 Å². The number of carbonyl (C=O) groups is 4. The van der Waals surface area contributed by atoms with E-state index in [0.717, 1.165) is 0 Å². The van der Waals surface area contributed by atoms with Gasteiger partial charge in [-0.3, -0.25) is 0 Å². The second-order valence-corrected chi connectivity index (χ2v) is 6.42. The van der Waals surface area contributed by atoms with Crippen LogP contribution in [0.4, 0.5) is 26.3 Å². The highest BCUT2D eigenvalue weighted by molar-refractivity contribution is 6.01. The first-order valence-corrected chi connectivity index (χ1v) is 8.24. The minimum Gasteiger partial charge on any atom is -0.545 e. The van der Waals surface area contributed by atoms with Crippen LogP contribution in [0.3, 0.4) is 0 Å². The minimum absolute atomic E-state index is 0.00388. The molecular formula is C19H6F6O8-4. The normalized spacial score (nSPS) is 12.3. The summed E-state index contributed by atoms with van der Waals surface area (Å²) >= 11 is 0. The molecule has 0 bridgehead atoms. The molecule has 0 aliphatic heterocycles. The third kappa shape index (κ3) is 4.06. The van der Waals surface area contributed by atoms with Crippen molar-refractivity contribution in [3.05, 3.63) is 69.8 Å². The molecule has 14 heteroatoms. The van der Waals surface area contributed by atoms with Gasteiger partial charge in [-0.15, -0.1) is 0 Å². The average Bonchev–Trinajstić information content (AvgIpc) is 2.65.